The van der Waals surface area contributed by atoms with Crippen LogP contribution in [0.2, 0.25) is 10.0 Å². The summed E-state index contributed by atoms with van der Waals surface area (Å²) in [7, 11) is 0. The lowest BCUT2D eigenvalue weighted by molar-refractivity contribution is -0.140. The first-order valence-corrected chi connectivity index (χ1v) is 13.1. The van der Waals surface area contributed by atoms with Crippen LogP contribution in [0.5, 0.6) is 0 Å². The molecule has 0 saturated heterocycles. The molecular weight excluding hydrogens is 491 g/mol. The normalized spacial score (nSPS) is 11.7. The van der Waals surface area contributed by atoms with Gasteiger partial charge in [0.25, 0.3) is 0 Å². The van der Waals surface area contributed by atoms with E-state index in [4.69, 9.17) is 23.2 Å². The summed E-state index contributed by atoms with van der Waals surface area (Å²) in [6.45, 7) is 6.81. The molecule has 1 atom stereocenters. The average Bonchev–Trinajstić information content (AvgIpc) is 2.83. The summed E-state index contributed by atoms with van der Waals surface area (Å²) in [6.07, 6.45) is 2.41. The molecular formula is C30H34Cl2N2O2. The van der Waals surface area contributed by atoms with E-state index in [2.05, 4.69) is 18.3 Å². The summed E-state index contributed by atoms with van der Waals surface area (Å²) in [5, 5.41) is 3.98. The van der Waals surface area contributed by atoms with Gasteiger partial charge in [-0.15, -0.1) is 0 Å². The second kappa shape index (κ2) is 13.5. The molecule has 0 aliphatic rings. The van der Waals surface area contributed by atoms with Gasteiger partial charge < -0.3 is 10.2 Å². The molecule has 0 saturated carbocycles. The van der Waals surface area contributed by atoms with Crippen LogP contribution in [0.3, 0.4) is 0 Å². The first-order valence-electron chi connectivity index (χ1n) is 12.4. The third-order valence-corrected chi connectivity index (χ3v) is 6.84. The van der Waals surface area contributed by atoms with E-state index < -0.39 is 6.04 Å². The van der Waals surface area contributed by atoms with Gasteiger partial charge in [-0.25, -0.2) is 0 Å². The van der Waals surface area contributed by atoms with Gasteiger partial charge in [-0.1, -0.05) is 102 Å². The molecule has 0 spiro atoms. The Morgan fingerprint density at radius 3 is 2.14 bits per heavy atom. The fourth-order valence-electron chi connectivity index (χ4n) is 4.36. The molecule has 0 aliphatic carbocycles. The Bertz CT molecular complexity index is 1140. The zero-order valence-electron chi connectivity index (χ0n) is 21.2. The van der Waals surface area contributed by atoms with Crippen molar-refractivity contribution in [2.24, 2.45) is 0 Å². The fraction of sp³-hybridized carbons (Fsp3) is 0.333. The summed E-state index contributed by atoms with van der Waals surface area (Å²) >= 11 is 13.0. The van der Waals surface area contributed by atoms with E-state index >= 15 is 0 Å². The van der Waals surface area contributed by atoms with Gasteiger partial charge in [0.05, 0.1) is 6.42 Å². The molecule has 2 amide bonds. The molecule has 0 radical (unpaired) electrons. The molecule has 3 aromatic rings. The highest BCUT2D eigenvalue weighted by atomic mass is 35.5. The lowest BCUT2D eigenvalue weighted by Crippen LogP contribution is -2.51. The van der Waals surface area contributed by atoms with E-state index in [1.54, 1.807) is 23.1 Å². The molecule has 6 heteroatoms. The summed E-state index contributed by atoms with van der Waals surface area (Å²) in [4.78, 5) is 29.0. The van der Waals surface area contributed by atoms with E-state index in [0.29, 0.717) is 28.6 Å². The zero-order chi connectivity index (χ0) is 26.1. The predicted octanol–water partition coefficient (Wildman–Crippen LogP) is 6.71. The molecule has 36 heavy (non-hydrogen) atoms. The van der Waals surface area contributed by atoms with E-state index in [1.165, 1.54) is 0 Å². The molecule has 0 heterocycles. The van der Waals surface area contributed by atoms with Gasteiger partial charge in [0, 0.05) is 35.1 Å². The third kappa shape index (κ3) is 7.84. The van der Waals surface area contributed by atoms with Crippen LogP contribution >= 0.6 is 23.2 Å². The van der Waals surface area contributed by atoms with Crippen LogP contribution in [-0.2, 0) is 29.0 Å². The van der Waals surface area contributed by atoms with Crippen molar-refractivity contribution in [3.8, 4) is 0 Å². The summed E-state index contributed by atoms with van der Waals surface area (Å²) < 4.78 is 0. The Morgan fingerprint density at radius 1 is 0.889 bits per heavy atom. The van der Waals surface area contributed by atoms with Gasteiger partial charge in [-0.3, -0.25) is 9.59 Å². The maximum absolute atomic E-state index is 13.9. The largest absolute Gasteiger partial charge is 0.354 e. The van der Waals surface area contributed by atoms with Crippen LogP contribution in [0.1, 0.15) is 47.6 Å². The topological polar surface area (TPSA) is 49.4 Å². The molecule has 190 valence electrons. The minimum absolute atomic E-state index is 0.140. The number of halogens is 2. The van der Waals surface area contributed by atoms with Crippen molar-refractivity contribution in [1.29, 1.82) is 0 Å². The Hall–Kier alpha value is -2.82. The highest BCUT2D eigenvalue weighted by Gasteiger charge is 2.31. The van der Waals surface area contributed by atoms with Crippen LogP contribution < -0.4 is 5.32 Å². The number of unbranched alkanes of at least 4 members (excludes halogenated alkanes) is 1. The van der Waals surface area contributed by atoms with Crippen LogP contribution in [0.25, 0.3) is 0 Å². The van der Waals surface area contributed by atoms with E-state index in [9.17, 15) is 9.59 Å². The number of rotatable bonds is 11. The van der Waals surface area contributed by atoms with Gasteiger partial charge in [-0.2, -0.15) is 0 Å². The number of nitrogens with one attached hydrogen (secondary N) is 1. The number of carbonyl (C=O) groups excluding carboxylic acids is 2. The van der Waals surface area contributed by atoms with Crippen LogP contribution in [0.15, 0.2) is 66.7 Å². The van der Waals surface area contributed by atoms with Crippen molar-refractivity contribution in [2.45, 2.75) is 59.0 Å². The minimum Gasteiger partial charge on any atom is -0.354 e. The van der Waals surface area contributed by atoms with Crippen molar-refractivity contribution < 1.29 is 9.59 Å². The number of amides is 2. The second-order valence-corrected chi connectivity index (χ2v) is 10.1. The Balaban J connectivity index is 2.01. The van der Waals surface area contributed by atoms with Crippen molar-refractivity contribution in [1.82, 2.24) is 10.2 Å². The second-order valence-electron chi connectivity index (χ2n) is 9.24. The van der Waals surface area contributed by atoms with E-state index in [0.717, 1.165) is 35.1 Å². The molecule has 1 unspecified atom stereocenters. The predicted molar refractivity (Wildman–Crippen MR) is 148 cm³/mol. The fourth-order valence-corrected chi connectivity index (χ4v) is 4.88. The first-order chi connectivity index (χ1) is 17.3. The minimum atomic E-state index is -0.713. The molecule has 0 aromatic heterocycles. The average molecular weight is 526 g/mol. The smallest absolute Gasteiger partial charge is 0.243 e. The highest BCUT2D eigenvalue weighted by molar-refractivity contribution is 6.36. The standard InChI is InChI=1S/C30H34Cl2N2O2/c1-4-5-14-33-30(36)28(18-23-10-7-6-8-11-23)34(20-25-26(31)12-9-13-27(25)32)29(35)19-24-16-21(2)15-22(3)17-24/h6-13,15-17,28H,4-5,14,18-20H2,1-3H3,(H,33,36). The Morgan fingerprint density at radius 2 is 1.53 bits per heavy atom. The van der Waals surface area contributed by atoms with Crippen LogP contribution in [0, 0.1) is 13.8 Å². The van der Waals surface area contributed by atoms with Gasteiger partial charge in [0.1, 0.15) is 6.04 Å². The quantitative estimate of drug-likeness (QED) is 0.283. The van der Waals surface area contributed by atoms with Crippen molar-refractivity contribution in [3.05, 3.63) is 105 Å². The number of hydrogen-bond acceptors (Lipinski definition) is 2. The highest BCUT2D eigenvalue weighted by Crippen LogP contribution is 2.27. The number of carbonyl (C=O) groups is 2. The zero-order valence-corrected chi connectivity index (χ0v) is 22.7. The van der Waals surface area contributed by atoms with Gasteiger partial charge in [0.2, 0.25) is 11.8 Å². The number of nitrogens with zero attached hydrogens (tertiary/aromatic N) is 1. The summed E-state index contributed by atoms with van der Waals surface area (Å²) in [5.74, 6) is -0.327. The Labute approximate surface area is 224 Å². The lowest BCUT2D eigenvalue weighted by atomic mass is 10.00. The number of hydrogen-bond donors (Lipinski definition) is 1. The van der Waals surface area contributed by atoms with E-state index in [-0.39, 0.29) is 24.8 Å². The summed E-state index contributed by atoms with van der Waals surface area (Å²) in [6, 6.07) is 20.4. The molecule has 0 fully saturated rings. The maximum Gasteiger partial charge on any atom is 0.243 e. The summed E-state index contributed by atoms with van der Waals surface area (Å²) in [5.41, 5.74) is 4.71. The van der Waals surface area contributed by atoms with Crippen molar-refractivity contribution in [2.75, 3.05) is 6.54 Å². The van der Waals surface area contributed by atoms with Crippen LogP contribution in [-0.4, -0.2) is 29.3 Å². The Kier molecular flexibility index (Phi) is 10.4. The molecule has 0 bridgehead atoms. The SMILES string of the molecule is CCCCNC(=O)C(Cc1ccccc1)N(Cc1c(Cl)cccc1Cl)C(=O)Cc1cc(C)cc(C)c1. The molecule has 4 nitrogen and oxygen atoms in total. The third-order valence-electron chi connectivity index (χ3n) is 6.13. The van der Waals surface area contributed by atoms with Crippen LogP contribution in [0.4, 0.5) is 0 Å². The number of aryl methyl sites for hydroxylation is 2. The maximum atomic E-state index is 13.9. The molecule has 1 N–H and O–H groups in total. The molecule has 3 rings (SSSR count). The monoisotopic (exact) mass is 524 g/mol. The first kappa shape index (κ1) is 27.8. The molecule has 0 aliphatic heterocycles. The van der Waals surface area contributed by atoms with E-state index in [1.807, 2.05) is 56.3 Å². The molecule has 3 aromatic carbocycles. The van der Waals surface area contributed by atoms with Crippen molar-refractivity contribution in [3.63, 3.8) is 0 Å². The van der Waals surface area contributed by atoms with Gasteiger partial charge >= 0.3 is 0 Å². The van der Waals surface area contributed by atoms with Gasteiger partial charge in [0.15, 0.2) is 0 Å². The van der Waals surface area contributed by atoms with Gasteiger partial charge in [-0.05, 0) is 43.5 Å². The number of benzene rings is 3. The van der Waals surface area contributed by atoms with Crippen molar-refractivity contribution >= 4 is 35.0 Å². The lowest BCUT2D eigenvalue weighted by Gasteiger charge is -2.32.